The Kier molecular flexibility index (Phi) is 4.88. The molecular formula is C19H20N2O4. The highest BCUT2D eigenvalue weighted by Gasteiger charge is 2.36. The molecule has 0 bridgehead atoms. The maximum atomic E-state index is 12.5. The first-order valence-electron chi connectivity index (χ1n) is 8.00. The Hall–Kier alpha value is -3.02. The standard InChI is InChI=1S/C19H20N2O4/c1-24-15-9-7-14(8-10-15)20-19(23)13-11-18(22)21(12-13)16-5-3-4-6-17(16)25-2/h3-10,13H,11-12H2,1-2H3,(H,20,23)/t13-/m1/s1. The van der Waals surface area contributed by atoms with Crippen molar-refractivity contribution in [2.75, 3.05) is 31.0 Å². The SMILES string of the molecule is COc1ccc(NC(=O)[C@@H]2CC(=O)N(c3ccccc3OC)C2)cc1. The van der Waals surface area contributed by atoms with Crippen molar-refractivity contribution in [1.29, 1.82) is 0 Å². The fourth-order valence-corrected chi connectivity index (χ4v) is 2.89. The first kappa shape index (κ1) is 16.8. The van der Waals surface area contributed by atoms with Crippen LogP contribution in [-0.2, 0) is 9.59 Å². The van der Waals surface area contributed by atoms with Gasteiger partial charge in [-0.3, -0.25) is 9.59 Å². The van der Waals surface area contributed by atoms with E-state index in [1.807, 2.05) is 18.2 Å². The van der Waals surface area contributed by atoms with E-state index >= 15 is 0 Å². The molecule has 0 aliphatic carbocycles. The van der Waals surface area contributed by atoms with Crippen molar-refractivity contribution in [3.8, 4) is 11.5 Å². The molecule has 1 saturated heterocycles. The van der Waals surface area contributed by atoms with Crippen LogP contribution in [0.4, 0.5) is 11.4 Å². The number of hydrogen-bond acceptors (Lipinski definition) is 4. The van der Waals surface area contributed by atoms with Crippen LogP contribution >= 0.6 is 0 Å². The zero-order valence-corrected chi connectivity index (χ0v) is 14.2. The Morgan fingerprint density at radius 3 is 2.48 bits per heavy atom. The molecule has 2 amide bonds. The molecule has 1 heterocycles. The largest absolute Gasteiger partial charge is 0.497 e. The highest BCUT2D eigenvalue weighted by molar-refractivity contribution is 6.04. The fourth-order valence-electron chi connectivity index (χ4n) is 2.89. The van der Waals surface area contributed by atoms with E-state index in [0.717, 1.165) is 5.75 Å². The van der Waals surface area contributed by atoms with Crippen molar-refractivity contribution in [3.63, 3.8) is 0 Å². The van der Waals surface area contributed by atoms with Crippen molar-refractivity contribution in [2.45, 2.75) is 6.42 Å². The predicted octanol–water partition coefficient (Wildman–Crippen LogP) is 2.70. The summed E-state index contributed by atoms with van der Waals surface area (Å²) in [5, 5.41) is 2.85. The molecule has 0 unspecified atom stereocenters. The minimum atomic E-state index is -0.403. The number of para-hydroxylation sites is 2. The van der Waals surface area contributed by atoms with Crippen LogP contribution in [0, 0.1) is 5.92 Å². The maximum Gasteiger partial charge on any atom is 0.229 e. The summed E-state index contributed by atoms with van der Waals surface area (Å²) in [4.78, 5) is 26.5. The molecule has 1 aliphatic heterocycles. The Labute approximate surface area is 146 Å². The van der Waals surface area contributed by atoms with Gasteiger partial charge in [-0.1, -0.05) is 12.1 Å². The smallest absolute Gasteiger partial charge is 0.229 e. The maximum absolute atomic E-state index is 12.5. The molecule has 1 atom stereocenters. The summed E-state index contributed by atoms with van der Waals surface area (Å²) in [5.41, 5.74) is 1.36. The molecule has 6 nitrogen and oxygen atoms in total. The average molecular weight is 340 g/mol. The van der Waals surface area contributed by atoms with Crippen LogP contribution < -0.4 is 19.7 Å². The molecule has 130 valence electrons. The first-order valence-corrected chi connectivity index (χ1v) is 8.00. The first-order chi connectivity index (χ1) is 12.1. The topological polar surface area (TPSA) is 67.9 Å². The van der Waals surface area contributed by atoms with Crippen molar-refractivity contribution in [2.24, 2.45) is 5.92 Å². The third-order valence-corrected chi connectivity index (χ3v) is 4.23. The number of amides is 2. The van der Waals surface area contributed by atoms with Crippen LogP contribution in [0.2, 0.25) is 0 Å². The molecule has 1 fully saturated rings. The van der Waals surface area contributed by atoms with Gasteiger partial charge >= 0.3 is 0 Å². The van der Waals surface area contributed by atoms with Gasteiger partial charge in [0.25, 0.3) is 0 Å². The molecule has 1 N–H and O–H groups in total. The summed E-state index contributed by atoms with van der Waals surface area (Å²) in [6.07, 6.45) is 0.181. The molecular weight excluding hydrogens is 320 g/mol. The minimum Gasteiger partial charge on any atom is -0.497 e. The second-order valence-corrected chi connectivity index (χ2v) is 5.79. The molecule has 2 aromatic carbocycles. The Morgan fingerprint density at radius 1 is 1.08 bits per heavy atom. The Morgan fingerprint density at radius 2 is 1.80 bits per heavy atom. The van der Waals surface area contributed by atoms with Gasteiger partial charge in [0.05, 0.1) is 25.8 Å². The summed E-state index contributed by atoms with van der Waals surface area (Å²) >= 11 is 0. The number of anilines is 2. The van der Waals surface area contributed by atoms with Crippen molar-refractivity contribution in [1.82, 2.24) is 0 Å². The summed E-state index contributed by atoms with van der Waals surface area (Å²) in [6.45, 7) is 0.335. The van der Waals surface area contributed by atoms with Crippen LogP contribution in [0.3, 0.4) is 0 Å². The lowest BCUT2D eigenvalue weighted by molar-refractivity contribution is -0.122. The van der Waals surface area contributed by atoms with Crippen molar-refractivity contribution in [3.05, 3.63) is 48.5 Å². The molecule has 0 spiro atoms. The molecule has 3 rings (SSSR count). The van der Waals surface area contributed by atoms with Crippen LogP contribution in [0.15, 0.2) is 48.5 Å². The molecule has 2 aromatic rings. The number of nitrogens with one attached hydrogen (secondary N) is 1. The third-order valence-electron chi connectivity index (χ3n) is 4.23. The van der Waals surface area contributed by atoms with E-state index in [1.165, 1.54) is 0 Å². The van der Waals surface area contributed by atoms with Crippen LogP contribution in [0.25, 0.3) is 0 Å². The van der Waals surface area contributed by atoms with Gasteiger partial charge in [0, 0.05) is 18.7 Å². The van der Waals surface area contributed by atoms with Crippen LogP contribution in [0.1, 0.15) is 6.42 Å². The lowest BCUT2D eigenvalue weighted by Gasteiger charge is -2.19. The van der Waals surface area contributed by atoms with Crippen LogP contribution in [-0.4, -0.2) is 32.6 Å². The summed E-state index contributed by atoms with van der Waals surface area (Å²) in [6, 6.07) is 14.4. The number of hydrogen-bond donors (Lipinski definition) is 1. The van der Waals surface area contributed by atoms with Crippen LogP contribution in [0.5, 0.6) is 11.5 Å². The van der Waals surface area contributed by atoms with E-state index in [9.17, 15) is 9.59 Å². The summed E-state index contributed by atoms with van der Waals surface area (Å²) in [7, 11) is 3.15. The lowest BCUT2D eigenvalue weighted by Crippen LogP contribution is -2.28. The highest BCUT2D eigenvalue weighted by Crippen LogP contribution is 2.33. The quantitative estimate of drug-likeness (QED) is 0.909. The Balaban J connectivity index is 1.70. The number of rotatable bonds is 5. The zero-order valence-electron chi connectivity index (χ0n) is 14.2. The van der Waals surface area contributed by atoms with Gasteiger partial charge < -0.3 is 19.7 Å². The monoisotopic (exact) mass is 340 g/mol. The van der Waals surface area contributed by atoms with Gasteiger partial charge in [-0.15, -0.1) is 0 Å². The molecule has 1 aliphatic rings. The van der Waals surface area contributed by atoms with E-state index in [-0.39, 0.29) is 18.2 Å². The number of carbonyl (C=O) groups excluding carboxylic acids is 2. The number of carbonyl (C=O) groups is 2. The van der Waals surface area contributed by atoms with E-state index in [4.69, 9.17) is 9.47 Å². The fraction of sp³-hybridized carbons (Fsp3) is 0.263. The highest BCUT2D eigenvalue weighted by atomic mass is 16.5. The van der Waals surface area contributed by atoms with Gasteiger partial charge in [0.1, 0.15) is 11.5 Å². The predicted molar refractivity (Wildman–Crippen MR) is 95.1 cm³/mol. The van der Waals surface area contributed by atoms with E-state index < -0.39 is 5.92 Å². The van der Waals surface area contributed by atoms with E-state index in [0.29, 0.717) is 23.7 Å². The molecule has 0 saturated carbocycles. The number of nitrogens with zero attached hydrogens (tertiary/aromatic N) is 1. The van der Waals surface area contributed by atoms with Crippen molar-refractivity contribution < 1.29 is 19.1 Å². The normalized spacial score (nSPS) is 16.6. The van der Waals surface area contributed by atoms with E-state index in [1.54, 1.807) is 49.5 Å². The molecule has 25 heavy (non-hydrogen) atoms. The van der Waals surface area contributed by atoms with Gasteiger partial charge in [-0.25, -0.2) is 0 Å². The average Bonchev–Trinajstić information content (AvgIpc) is 3.04. The summed E-state index contributed by atoms with van der Waals surface area (Å²) < 4.78 is 10.4. The Bertz CT molecular complexity index is 773. The van der Waals surface area contributed by atoms with Crippen molar-refractivity contribution >= 4 is 23.2 Å². The van der Waals surface area contributed by atoms with Gasteiger partial charge in [0.2, 0.25) is 11.8 Å². The van der Waals surface area contributed by atoms with Gasteiger partial charge in [0.15, 0.2) is 0 Å². The number of ether oxygens (including phenoxy) is 2. The molecule has 6 heteroatoms. The van der Waals surface area contributed by atoms with Gasteiger partial charge in [-0.05, 0) is 36.4 Å². The molecule has 0 aromatic heterocycles. The lowest BCUT2D eigenvalue weighted by atomic mass is 10.1. The number of methoxy groups -OCH3 is 2. The number of benzene rings is 2. The van der Waals surface area contributed by atoms with E-state index in [2.05, 4.69) is 5.32 Å². The molecule has 0 radical (unpaired) electrons. The third kappa shape index (κ3) is 3.57. The van der Waals surface area contributed by atoms with Gasteiger partial charge in [-0.2, -0.15) is 0 Å². The zero-order chi connectivity index (χ0) is 17.8. The second kappa shape index (κ2) is 7.25. The minimum absolute atomic E-state index is 0.0839. The second-order valence-electron chi connectivity index (χ2n) is 5.79. The summed E-state index contributed by atoms with van der Waals surface area (Å²) in [5.74, 6) is 0.679.